The number of rotatable bonds is 47. The van der Waals surface area contributed by atoms with Crippen LogP contribution in [-0.4, -0.2) is 74.9 Å². The molecule has 0 aliphatic rings. The Morgan fingerprint density at radius 2 is 0.794 bits per heavy atom. The lowest BCUT2D eigenvalue weighted by Crippen LogP contribution is -2.37. The average molecular weight is 969 g/mol. The molecule has 2 atom stereocenters. The third kappa shape index (κ3) is 52.0. The minimum Gasteiger partial charge on any atom is -0.462 e. The first-order chi connectivity index (χ1) is 33.0. The minimum atomic E-state index is -4.40. The first-order valence-corrected chi connectivity index (χ1v) is 28.1. The molecule has 1 N–H and O–H groups in total. The summed E-state index contributed by atoms with van der Waals surface area (Å²) in [4.78, 5) is 35.5. The summed E-state index contributed by atoms with van der Waals surface area (Å²) in [6.45, 7) is 4.14. The lowest BCUT2D eigenvalue weighted by atomic mass is 10.0. The van der Waals surface area contributed by atoms with Crippen LogP contribution in [0.15, 0.2) is 109 Å². The summed E-state index contributed by atoms with van der Waals surface area (Å²) in [5.41, 5.74) is 0. The van der Waals surface area contributed by atoms with Crippen LogP contribution in [0.3, 0.4) is 0 Å². The van der Waals surface area contributed by atoms with E-state index in [9.17, 15) is 19.0 Å². The highest BCUT2D eigenvalue weighted by atomic mass is 31.2. The van der Waals surface area contributed by atoms with Gasteiger partial charge in [-0.3, -0.25) is 18.6 Å². The van der Waals surface area contributed by atoms with Gasteiger partial charge in [-0.1, -0.05) is 194 Å². The van der Waals surface area contributed by atoms with Gasteiger partial charge in [0.15, 0.2) is 6.10 Å². The van der Waals surface area contributed by atoms with Gasteiger partial charge >= 0.3 is 19.8 Å². The van der Waals surface area contributed by atoms with Gasteiger partial charge < -0.3 is 18.9 Å². The second kappa shape index (κ2) is 48.7. The van der Waals surface area contributed by atoms with Gasteiger partial charge in [0.25, 0.3) is 0 Å². The number of unbranched alkanes of at least 4 members (excludes halogenated alkanes) is 15. The normalized spacial score (nSPS) is 14.3. The number of ether oxygens (including phenoxy) is 2. The van der Waals surface area contributed by atoms with Crippen molar-refractivity contribution >= 4 is 19.8 Å². The molecule has 0 aliphatic heterocycles. The maximum Gasteiger partial charge on any atom is 0.472 e. The molecule has 10 heteroatoms. The van der Waals surface area contributed by atoms with Gasteiger partial charge in [0.05, 0.1) is 27.7 Å². The molecule has 0 saturated heterocycles. The first-order valence-electron chi connectivity index (χ1n) is 26.6. The van der Waals surface area contributed by atoms with Crippen molar-refractivity contribution in [3.63, 3.8) is 0 Å². The van der Waals surface area contributed by atoms with E-state index in [0.29, 0.717) is 23.9 Å². The molecule has 0 rings (SSSR count). The quantitative estimate of drug-likeness (QED) is 0.0211. The standard InChI is InChI=1S/C58H98NO8P/c1-6-8-10-12-14-16-18-20-22-23-24-25-26-27-28-29-30-31-32-33-34-35-37-39-41-43-45-47-49-51-58(61)67-56(55-66-68(62,63)65-53-52-59(3,4)5)54-64-57(60)50-48-46-44-42-40-38-36-21-19-17-15-13-11-9-7-2/h8-11,14-17,20-22,24-25,27-28,36,40,42,56H,6-7,12-13,18-19,23,26,29-35,37-39,41,43-55H2,1-5H3/p+1/b10-8-,11-9-,16-14-,17-15-,22-20-,25-24-,28-27-,36-21-,42-40-. The third-order valence-electron chi connectivity index (χ3n) is 10.8. The van der Waals surface area contributed by atoms with Crippen molar-refractivity contribution in [3.8, 4) is 0 Å². The summed E-state index contributed by atoms with van der Waals surface area (Å²) >= 11 is 0. The fourth-order valence-electron chi connectivity index (χ4n) is 6.74. The van der Waals surface area contributed by atoms with E-state index >= 15 is 0 Å². The Morgan fingerprint density at radius 3 is 1.21 bits per heavy atom. The van der Waals surface area contributed by atoms with Crippen molar-refractivity contribution in [3.05, 3.63) is 109 Å². The van der Waals surface area contributed by atoms with Gasteiger partial charge in [-0.15, -0.1) is 0 Å². The molecular formula is C58H99NO8P+. The van der Waals surface area contributed by atoms with Crippen LogP contribution >= 0.6 is 7.82 Å². The summed E-state index contributed by atoms with van der Waals surface area (Å²) in [5.74, 6) is -0.855. The number of phosphoric ester groups is 1. The summed E-state index contributed by atoms with van der Waals surface area (Å²) in [6, 6.07) is 0. The van der Waals surface area contributed by atoms with Crippen LogP contribution in [-0.2, 0) is 32.7 Å². The van der Waals surface area contributed by atoms with Crippen LogP contribution in [0.4, 0.5) is 0 Å². The molecule has 0 saturated carbocycles. The van der Waals surface area contributed by atoms with E-state index in [2.05, 4.69) is 123 Å². The van der Waals surface area contributed by atoms with E-state index in [1.54, 1.807) is 0 Å². The highest BCUT2D eigenvalue weighted by molar-refractivity contribution is 7.47. The Bertz CT molecular complexity index is 1520. The maximum atomic E-state index is 12.8. The molecule has 2 unspecified atom stereocenters. The molecule has 0 aromatic heterocycles. The van der Waals surface area contributed by atoms with Gasteiger partial charge in [0.2, 0.25) is 0 Å². The fraction of sp³-hybridized carbons (Fsp3) is 0.655. The fourth-order valence-corrected chi connectivity index (χ4v) is 7.48. The number of carbonyl (C=O) groups is 2. The van der Waals surface area contributed by atoms with E-state index in [1.807, 2.05) is 21.1 Å². The molecule has 0 aromatic carbocycles. The van der Waals surface area contributed by atoms with Gasteiger partial charge in [-0.05, 0) is 96.3 Å². The number of hydrogen-bond acceptors (Lipinski definition) is 7. The van der Waals surface area contributed by atoms with Gasteiger partial charge in [0, 0.05) is 12.8 Å². The lowest BCUT2D eigenvalue weighted by molar-refractivity contribution is -0.870. The van der Waals surface area contributed by atoms with Crippen molar-refractivity contribution in [1.82, 2.24) is 0 Å². The molecular weight excluding hydrogens is 870 g/mol. The van der Waals surface area contributed by atoms with Crippen molar-refractivity contribution in [2.24, 2.45) is 0 Å². The number of allylic oxidation sites excluding steroid dienone is 18. The van der Waals surface area contributed by atoms with Gasteiger partial charge in [-0.25, -0.2) is 4.57 Å². The monoisotopic (exact) mass is 969 g/mol. The zero-order valence-electron chi connectivity index (χ0n) is 43.8. The van der Waals surface area contributed by atoms with E-state index in [4.69, 9.17) is 18.5 Å². The van der Waals surface area contributed by atoms with E-state index < -0.39 is 32.5 Å². The highest BCUT2D eigenvalue weighted by Gasteiger charge is 2.27. The van der Waals surface area contributed by atoms with Crippen LogP contribution in [0.25, 0.3) is 0 Å². The van der Waals surface area contributed by atoms with Crippen LogP contribution < -0.4 is 0 Å². The average Bonchev–Trinajstić information content (AvgIpc) is 3.30. The van der Waals surface area contributed by atoms with Crippen molar-refractivity contribution in [2.75, 3.05) is 47.5 Å². The second-order valence-electron chi connectivity index (χ2n) is 18.5. The molecule has 0 bridgehead atoms. The number of likely N-dealkylation sites (N-methyl/N-ethyl adjacent to an activating group) is 1. The van der Waals surface area contributed by atoms with Crippen molar-refractivity contribution < 1.29 is 42.1 Å². The summed E-state index contributed by atoms with van der Waals surface area (Å²) < 4.78 is 34.4. The zero-order chi connectivity index (χ0) is 49.9. The number of quaternary nitrogens is 1. The van der Waals surface area contributed by atoms with Crippen LogP contribution in [0.5, 0.6) is 0 Å². The van der Waals surface area contributed by atoms with Gasteiger partial charge in [0.1, 0.15) is 19.8 Å². The number of phosphoric acid groups is 1. The molecule has 388 valence electrons. The van der Waals surface area contributed by atoms with Crippen LogP contribution in [0, 0.1) is 0 Å². The summed E-state index contributed by atoms with van der Waals surface area (Å²) in [5, 5.41) is 0. The number of esters is 2. The number of carbonyl (C=O) groups excluding carboxylic acids is 2. The molecule has 0 heterocycles. The molecule has 0 spiro atoms. The molecule has 0 aliphatic carbocycles. The number of hydrogen-bond donors (Lipinski definition) is 1. The minimum absolute atomic E-state index is 0.0194. The first kappa shape index (κ1) is 64.7. The molecule has 0 fully saturated rings. The van der Waals surface area contributed by atoms with Crippen molar-refractivity contribution in [1.29, 1.82) is 0 Å². The van der Waals surface area contributed by atoms with E-state index in [1.165, 1.54) is 64.2 Å². The Morgan fingerprint density at radius 1 is 0.456 bits per heavy atom. The smallest absolute Gasteiger partial charge is 0.462 e. The highest BCUT2D eigenvalue weighted by Crippen LogP contribution is 2.43. The summed E-state index contributed by atoms with van der Waals surface area (Å²) in [6.07, 6.45) is 67.3. The summed E-state index contributed by atoms with van der Waals surface area (Å²) in [7, 11) is 1.44. The molecule has 0 amide bonds. The zero-order valence-corrected chi connectivity index (χ0v) is 44.7. The molecule has 68 heavy (non-hydrogen) atoms. The Kier molecular flexibility index (Phi) is 46.3. The molecule has 0 aromatic rings. The predicted octanol–water partition coefficient (Wildman–Crippen LogP) is 16.2. The van der Waals surface area contributed by atoms with E-state index in [0.717, 1.165) is 89.9 Å². The van der Waals surface area contributed by atoms with Crippen LogP contribution in [0.2, 0.25) is 0 Å². The Labute approximate surface area is 416 Å². The molecule has 0 radical (unpaired) electrons. The Balaban J connectivity index is 4.21. The second-order valence-corrected chi connectivity index (χ2v) is 19.9. The molecule has 9 nitrogen and oxygen atoms in total. The van der Waals surface area contributed by atoms with Crippen LogP contribution in [0.1, 0.15) is 194 Å². The lowest BCUT2D eigenvalue weighted by Gasteiger charge is -2.24. The Hall–Kier alpha value is -3.33. The third-order valence-corrected chi connectivity index (χ3v) is 11.8. The number of nitrogens with zero attached hydrogens (tertiary/aromatic N) is 1. The van der Waals surface area contributed by atoms with Crippen molar-refractivity contribution in [2.45, 2.75) is 200 Å². The predicted molar refractivity (Wildman–Crippen MR) is 288 cm³/mol. The maximum absolute atomic E-state index is 12.8. The SMILES string of the molecule is CC/C=C\C/C=C\C/C=C\C/C=C\C/C=C\CCCCCCCCCCCCCCCC(=O)OC(COC(=O)CCCC/C=C\C/C=C\C/C=C\C/C=C\CC)COP(=O)(O)OCC[N+](C)(C)C. The topological polar surface area (TPSA) is 108 Å². The largest absolute Gasteiger partial charge is 0.472 e. The van der Waals surface area contributed by atoms with E-state index in [-0.39, 0.29) is 26.1 Å². The van der Waals surface area contributed by atoms with Gasteiger partial charge in [-0.2, -0.15) is 0 Å².